The summed E-state index contributed by atoms with van der Waals surface area (Å²) in [6, 6.07) is 0. The Morgan fingerprint density at radius 2 is 2.15 bits per heavy atom. The van der Waals surface area contributed by atoms with Crippen LogP contribution >= 0.6 is 8.53 Å². The molecular weight excluding hydrogens is 189 g/mol. The molecule has 1 rings (SSSR count). The zero-order valence-electron chi connectivity index (χ0n) is 8.52. The first-order valence-electron chi connectivity index (χ1n) is 4.65. The van der Waals surface area contributed by atoms with E-state index in [1.807, 2.05) is 0 Å². The number of hydrogen-bond donors (Lipinski definition) is 0. The molecule has 1 saturated heterocycles. The van der Waals surface area contributed by atoms with Crippen LogP contribution in [0.25, 0.3) is 0 Å². The van der Waals surface area contributed by atoms with Gasteiger partial charge in [-0.15, -0.1) is 0 Å². The van der Waals surface area contributed by atoms with Gasteiger partial charge in [0.05, 0.1) is 13.2 Å². The third-order valence-corrected chi connectivity index (χ3v) is 3.80. The zero-order valence-corrected chi connectivity index (χ0v) is 9.42. The van der Waals surface area contributed by atoms with Crippen molar-refractivity contribution in [2.45, 2.75) is 20.0 Å². The Morgan fingerprint density at radius 1 is 1.46 bits per heavy atom. The van der Waals surface area contributed by atoms with Crippen molar-refractivity contribution < 1.29 is 13.8 Å². The Hall–Kier alpha value is 0.270. The van der Waals surface area contributed by atoms with E-state index in [-0.39, 0.29) is 6.10 Å². The van der Waals surface area contributed by atoms with Gasteiger partial charge in [0, 0.05) is 20.2 Å². The van der Waals surface area contributed by atoms with Crippen molar-refractivity contribution >= 4 is 8.53 Å². The van der Waals surface area contributed by atoms with Gasteiger partial charge in [0.15, 0.2) is 0 Å². The van der Waals surface area contributed by atoms with Crippen LogP contribution in [0.2, 0.25) is 0 Å². The lowest BCUT2D eigenvalue weighted by molar-refractivity contribution is 0.0949. The maximum atomic E-state index is 5.69. The number of hydrogen-bond acceptors (Lipinski definition) is 4. The van der Waals surface area contributed by atoms with Gasteiger partial charge in [-0.25, -0.2) is 4.67 Å². The van der Waals surface area contributed by atoms with Gasteiger partial charge in [-0.05, 0) is 0 Å². The molecule has 4 nitrogen and oxygen atoms in total. The molecule has 0 amide bonds. The summed E-state index contributed by atoms with van der Waals surface area (Å²) in [4.78, 5) is 0. The fourth-order valence-electron chi connectivity index (χ4n) is 1.20. The van der Waals surface area contributed by atoms with Crippen LogP contribution in [0.3, 0.4) is 0 Å². The minimum Gasteiger partial charge on any atom is -0.382 e. The molecule has 0 N–H and O–H groups in total. The predicted molar refractivity (Wildman–Crippen MR) is 52.5 cm³/mol. The molecular formula is C8H18NO3P. The maximum Gasteiger partial charge on any atom is 0.259 e. The molecule has 0 aromatic carbocycles. The lowest BCUT2D eigenvalue weighted by Gasteiger charge is -2.22. The van der Waals surface area contributed by atoms with Crippen LogP contribution in [-0.4, -0.2) is 44.2 Å². The Kier molecular flexibility index (Phi) is 5.14. The third kappa shape index (κ3) is 3.15. The molecule has 0 aromatic rings. The molecule has 0 saturated carbocycles. The molecule has 78 valence electrons. The molecule has 0 spiro atoms. The highest BCUT2D eigenvalue weighted by molar-refractivity contribution is 7.44. The zero-order chi connectivity index (χ0) is 9.68. The van der Waals surface area contributed by atoms with Crippen LogP contribution in [-0.2, 0) is 13.8 Å². The number of ether oxygens (including phenoxy) is 1. The van der Waals surface area contributed by atoms with E-state index in [9.17, 15) is 0 Å². The van der Waals surface area contributed by atoms with Gasteiger partial charge in [-0.1, -0.05) is 13.8 Å². The average Bonchev–Trinajstić information content (AvgIpc) is 2.56. The summed E-state index contributed by atoms with van der Waals surface area (Å²) >= 11 is 0. The molecule has 1 aliphatic heterocycles. The van der Waals surface area contributed by atoms with Gasteiger partial charge in [0.25, 0.3) is 8.53 Å². The van der Waals surface area contributed by atoms with Gasteiger partial charge in [-0.2, -0.15) is 0 Å². The number of methoxy groups -OCH3 is 1. The second-order valence-electron chi connectivity index (χ2n) is 2.86. The van der Waals surface area contributed by atoms with Gasteiger partial charge in [-0.3, -0.25) is 0 Å². The van der Waals surface area contributed by atoms with E-state index in [4.69, 9.17) is 13.8 Å². The van der Waals surface area contributed by atoms with Crippen LogP contribution in [0, 0.1) is 0 Å². The largest absolute Gasteiger partial charge is 0.382 e. The molecule has 5 heteroatoms. The van der Waals surface area contributed by atoms with Crippen LogP contribution in [0.4, 0.5) is 0 Å². The van der Waals surface area contributed by atoms with Crippen molar-refractivity contribution in [3.8, 4) is 0 Å². The lowest BCUT2D eigenvalue weighted by atomic mass is 10.4. The third-order valence-electron chi connectivity index (χ3n) is 1.92. The summed E-state index contributed by atoms with van der Waals surface area (Å²) in [6.45, 7) is 7.46. The first-order valence-corrected chi connectivity index (χ1v) is 5.78. The minimum absolute atomic E-state index is 0.122. The minimum atomic E-state index is -0.806. The summed E-state index contributed by atoms with van der Waals surface area (Å²) in [5.74, 6) is 0. The standard InChI is InChI=1S/C8H18NO3P/c1-4-9(5-2)13-11-7-8(12-13)6-10-3/h8H,4-7H2,1-3H3. The van der Waals surface area contributed by atoms with E-state index in [2.05, 4.69) is 18.5 Å². The molecule has 0 radical (unpaired) electrons. The smallest absolute Gasteiger partial charge is 0.259 e. The first-order chi connectivity index (χ1) is 6.31. The molecule has 2 unspecified atom stereocenters. The van der Waals surface area contributed by atoms with E-state index in [1.54, 1.807) is 7.11 Å². The maximum absolute atomic E-state index is 5.69. The quantitative estimate of drug-likeness (QED) is 0.641. The number of nitrogens with zero attached hydrogens (tertiary/aromatic N) is 1. The first kappa shape index (κ1) is 11.3. The van der Waals surface area contributed by atoms with E-state index in [1.165, 1.54) is 0 Å². The lowest BCUT2D eigenvalue weighted by Crippen LogP contribution is -2.18. The highest BCUT2D eigenvalue weighted by Crippen LogP contribution is 2.48. The van der Waals surface area contributed by atoms with E-state index >= 15 is 0 Å². The molecule has 0 bridgehead atoms. The predicted octanol–water partition coefficient (Wildman–Crippen LogP) is 1.62. The second kappa shape index (κ2) is 5.89. The molecule has 2 atom stereocenters. The summed E-state index contributed by atoms with van der Waals surface area (Å²) < 4.78 is 18.4. The Morgan fingerprint density at radius 3 is 2.69 bits per heavy atom. The fourth-order valence-corrected chi connectivity index (χ4v) is 2.69. The fraction of sp³-hybridized carbons (Fsp3) is 1.00. The summed E-state index contributed by atoms with van der Waals surface area (Å²) in [7, 11) is 0.876. The van der Waals surface area contributed by atoms with Crippen molar-refractivity contribution in [3.05, 3.63) is 0 Å². The van der Waals surface area contributed by atoms with Crippen molar-refractivity contribution in [2.24, 2.45) is 0 Å². The Labute approximate surface area is 81.1 Å². The number of rotatable bonds is 5. The second-order valence-corrected chi connectivity index (χ2v) is 4.37. The highest BCUT2D eigenvalue weighted by Gasteiger charge is 2.30. The molecule has 1 heterocycles. The molecule has 0 aliphatic carbocycles. The molecule has 0 aromatic heterocycles. The highest BCUT2D eigenvalue weighted by atomic mass is 31.2. The summed E-state index contributed by atoms with van der Waals surface area (Å²) in [5.41, 5.74) is 0. The van der Waals surface area contributed by atoms with Gasteiger partial charge in [0.1, 0.15) is 6.10 Å². The van der Waals surface area contributed by atoms with Gasteiger partial charge in [0.2, 0.25) is 0 Å². The van der Waals surface area contributed by atoms with Crippen molar-refractivity contribution in [1.29, 1.82) is 0 Å². The molecule has 1 fully saturated rings. The van der Waals surface area contributed by atoms with Crippen LogP contribution in [0.15, 0.2) is 0 Å². The van der Waals surface area contributed by atoms with Gasteiger partial charge < -0.3 is 13.8 Å². The van der Waals surface area contributed by atoms with Crippen LogP contribution in [0.5, 0.6) is 0 Å². The topological polar surface area (TPSA) is 30.9 Å². The molecule has 13 heavy (non-hydrogen) atoms. The van der Waals surface area contributed by atoms with Crippen molar-refractivity contribution in [1.82, 2.24) is 4.67 Å². The van der Waals surface area contributed by atoms with Crippen LogP contribution in [0.1, 0.15) is 13.8 Å². The summed E-state index contributed by atoms with van der Waals surface area (Å²) in [6.07, 6.45) is 0.122. The van der Waals surface area contributed by atoms with Gasteiger partial charge >= 0.3 is 0 Å². The normalized spacial score (nSPS) is 28.6. The Bertz CT molecular complexity index is 143. The van der Waals surface area contributed by atoms with Crippen molar-refractivity contribution in [2.75, 3.05) is 33.4 Å². The Balaban J connectivity index is 2.30. The molecule has 1 aliphatic rings. The van der Waals surface area contributed by atoms with E-state index in [0.29, 0.717) is 13.2 Å². The average molecular weight is 207 g/mol. The summed E-state index contributed by atoms with van der Waals surface area (Å²) in [5, 5.41) is 0. The van der Waals surface area contributed by atoms with Crippen LogP contribution < -0.4 is 0 Å². The SMILES string of the molecule is CCN(CC)P1OCC(COC)O1. The van der Waals surface area contributed by atoms with E-state index < -0.39 is 8.53 Å². The van der Waals surface area contributed by atoms with E-state index in [0.717, 1.165) is 13.1 Å². The van der Waals surface area contributed by atoms with Crippen molar-refractivity contribution in [3.63, 3.8) is 0 Å². The monoisotopic (exact) mass is 207 g/mol.